The third kappa shape index (κ3) is 2.59. The average Bonchev–Trinajstić information content (AvgIpc) is 2.90. The first-order valence-electron chi connectivity index (χ1n) is 6.31. The Kier molecular flexibility index (Phi) is 3.54. The average molecular weight is 336 g/mol. The molecule has 1 unspecified atom stereocenters. The summed E-state index contributed by atoms with van der Waals surface area (Å²) in [5.74, 6) is 0.471. The number of nitrogens with zero attached hydrogens (tertiary/aromatic N) is 2. The number of aromatic amines is 1. The molecular formula is C13H14BrN5O. The van der Waals surface area contributed by atoms with Crippen molar-refractivity contribution >= 4 is 27.7 Å². The van der Waals surface area contributed by atoms with Gasteiger partial charge >= 0.3 is 0 Å². The van der Waals surface area contributed by atoms with Crippen molar-refractivity contribution in [2.45, 2.75) is 25.9 Å². The summed E-state index contributed by atoms with van der Waals surface area (Å²) in [7, 11) is 0. The first kappa shape index (κ1) is 13.3. The fourth-order valence-electron chi connectivity index (χ4n) is 2.18. The first-order valence-corrected chi connectivity index (χ1v) is 7.10. The molecule has 3 heterocycles. The van der Waals surface area contributed by atoms with Gasteiger partial charge in [-0.3, -0.25) is 10.1 Å². The molecule has 1 aliphatic heterocycles. The third-order valence-corrected chi connectivity index (χ3v) is 4.18. The molecule has 0 bridgehead atoms. The number of aryl methyl sites for hydroxylation is 1. The highest BCUT2D eigenvalue weighted by molar-refractivity contribution is 9.10. The van der Waals surface area contributed by atoms with Crippen LogP contribution in [0.1, 0.15) is 17.0 Å². The summed E-state index contributed by atoms with van der Waals surface area (Å²) >= 11 is 3.39. The number of nitrogens with one attached hydrogen (secondary N) is 3. The van der Waals surface area contributed by atoms with E-state index in [9.17, 15) is 4.79 Å². The maximum Gasteiger partial charge on any atom is 0.243 e. The van der Waals surface area contributed by atoms with Gasteiger partial charge in [-0.15, -0.1) is 0 Å². The van der Waals surface area contributed by atoms with Gasteiger partial charge in [-0.1, -0.05) is 0 Å². The number of aromatic nitrogens is 3. The number of hydrogen-bond donors (Lipinski definition) is 3. The molecule has 3 N–H and O–H groups in total. The summed E-state index contributed by atoms with van der Waals surface area (Å²) < 4.78 is 0.924. The Bertz CT molecular complexity index is 654. The van der Waals surface area contributed by atoms with E-state index in [4.69, 9.17) is 0 Å². The van der Waals surface area contributed by atoms with Crippen LogP contribution in [-0.2, 0) is 17.8 Å². The van der Waals surface area contributed by atoms with Gasteiger partial charge in [-0.05, 0) is 34.5 Å². The molecule has 0 spiro atoms. The zero-order valence-corrected chi connectivity index (χ0v) is 12.5. The van der Waals surface area contributed by atoms with E-state index in [1.807, 2.05) is 13.0 Å². The number of fused-ring (bicyclic) bond motifs is 1. The Morgan fingerprint density at radius 2 is 2.35 bits per heavy atom. The van der Waals surface area contributed by atoms with Gasteiger partial charge in [0.2, 0.25) is 5.91 Å². The van der Waals surface area contributed by atoms with Crippen molar-refractivity contribution in [1.29, 1.82) is 0 Å². The highest BCUT2D eigenvalue weighted by Gasteiger charge is 2.25. The van der Waals surface area contributed by atoms with E-state index in [0.29, 0.717) is 18.8 Å². The zero-order valence-electron chi connectivity index (χ0n) is 10.9. The number of carbonyl (C=O) groups is 1. The minimum Gasteiger partial charge on any atom is -0.347 e. The number of rotatable bonds is 2. The second-order valence-corrected chi connectivity index (χ2v) is 5.63. The quantitative estimate of drug-likeness (QED) is 0.777. The molecule has 0 aromatic carbocycles. The molecule has 1 aliphatic rings. The first-order chi connectivity index (χ1) is 9.63. The largest absolute Gasteiger partial charge is 0.347 e. The van der Waals surface area contributed by atoms with E-state index in [0.717, 1.165) is 21.4 Å². The Balaban J connectivity index is 1.69. The second kappa shape index (κ2) is 5.34. The highest BCUT2D eigenvalue weighted by Crippen LogP contribution is 2.18. The molecule has 7 heteroatoms. The maximum atomic E-state index is 12.2. The van der Waals surface area contributed by atoms with Gasteiger partial charge in [0.25, 0.3) is 0 Å². The molecule has 20 heavy (non-hydrogen) atoms. The molecule has 0 aliphatic carbocycles. The lowest BCUT2D eigenvalue weighted by Gasteiger charge is -2.22. The summed E-state index contributed by atoms with van der Waals surface area (Å²) in [4.78, 5) is 23.7. The molecule has 1 atom stereocenters. The SMILES string of the molecule is Cc1cc(NC(=O)C2Cc3nc[nH]c3CN2)ncc1Br. The summed E-state index contributed by atoms with van der Waals surface area (Å²) in [5.41, 5.74) is 3.02. The Labute approximate surface area is 124 Å². The van der Waals surface area contributed by atoms with E-state index in [1.165, 1.54) is 0 Å². The molecule has 104 valence electrons. The monoisotopic (exact) mass is 335 g/mol. The van der Waals surface area contributed by atoms with Gasteiger partial charge in [0, 0.05) is 23.6 Å². The van der Waals surface area contributed by atoms with Crippen LogP contribution in [0.15, 0.2) is 23.1 Å². The Hall–Kier alpha value is -1.73. The van der Waals surface area contributed by atoms with Crippen molar-refractivity contribution in [1.82, 2.24) is 20.3 Å². The summed E-state index contributed by atoms with van der Waals surface area (Å²) in [5, 5.41) is 6.02. The second-order valence-electron chi connectivity index (χ2n) is 4.77. The number of halogens is 1. The maximum absolute atomic E-state index is 12.2. The number of pyridine rings is 1. The fourth-order valence-corrected chi connectivity index (χ4v) is 2.39. The van der Waals surface area contributed by atoms with Crippen molar-refractivity contribution in [3.8, 4) is 0 Å². The molecule has 6 nitrogen and oxygen atoms in total. The molecule has 0 radical (unpaired) electrons. The molecule has 2 aromatic rings. The molecule has 3 rings (SSSR count). The molecule has 0 saturated heterocycles. The Morgan fingerprint density at radius 3 is 3.15 bits per heavy atom. The highest BCUT2D eigenvalue weighted by atomic mass is 79.9. The lowest BCUT2D eigenvalue weighted by Crippen LogP contribution is -2.44. The van der Waals surface area contributed by atoms with Crippen molar-refractivity contribution < 1.29 is 4.79 Å². The van der Waals surface area contributed by atoms with Gasteiger partial charge in [0.05, 0.1) is 23.8 Å². The Morgan fingerprint density at radius 1 is 1.50 bits per heavy atom. The molecular weight excluding hydrogens is 322 g/mol. The van der Waals surface area contributed by atoms with E-state index >= 15 is 0 Å². The molecule has 0 fully saturated rings. The lowest BCUT2D eigenvalue weighted by atomic mass is 10.0. The molecule has 2 aromatic heterocycles. The zero-order chi connectivity index (χ0) is 14.1. The van der Waals surface area contributed by atoms with Gasteiger partial charge < -0.3 is 10.3 Å². The number of H-pyrrole nitrogens is 1. The van der Waals surface area contributed by atoms with Crippen LogP contribution in [0.5, 0.6) is 0 Å². The normalized spacial score (nSPS) is 17.6. The van der Waals surface area contributed by atoms with Crippen LogP contribution in [0.3, 0.4) is 0 Å². The summed E-state index contributed by atoms with van der Waals surface area (Å²) in [6.07, 6.45) is 3.93. The number of imidazole rings is 1. The topological polar surface area (TPSA) is 82.7 Å². The smallest absolute Gasteiger partial charge is 0.243 e. The van der Waals surface area contributed by atoms with E-state index in [1.54, 1.807) is 12.5 Å². The van der Waals surface area contributed by atoms with Crippen LogP contribution in [-0.4, -0.2) is 26.9 Å². The van der Waals surface area contributed by atoms with Crippen LogP contribution in [0.25, 0.3) is 0 Å². The van der Waals surface area contributed by atoms with Crippen LogP contribution in [0.4, 0.5) is 5.82 Å². The van der Waals surface area contributed by atoms with Crippen molar-refractivity contribution in [2.75, 3.05) is 5.32 Å². The van der Waals surface area contributed by atoms with Crippen LogP contribution in [0, 0.1) is 6.92 Å². The standard InChI is InChI=1S/C13H14BrN5O/c1-7-2-12(16-4-8(7)14)19-13(20)10-3-9-11(5-15-10)18-6-17-9/h2,4,6,10,15H,3,5H2,1H3,(H,17,18)(H,16,19,20). The fraction of sp³-hybridized carbons (Fsp3) is 0.308. The van der Waals surface area contributed by atoms with Crippen LogP contribution >= 0.6 is 15.9 Å². The predicted octanol–water partition coefficient (Wildman–Crippen LogP) is 1.53. The minimum absolute atomic E-state index is 0.0899. The number of carbonyl (C=O) groups excluding carboxylic acids is 1. The van der Waals surface area contributed by atoms with Crippen LogP contribution < -0.4 is 10.6 Å². The van der Waals surface area contributed by atoms with Crippen molar-refractivity contribution in [3.05, 3.63) is 40.0 Å². The molecule has 1 amide bonds. The van der Waals surface area contributed by atoms with E-state index in [2.05, 4.69) is 41.5 Å². The summed E-state index contributed by atoms with van der Waals surface area (Å²) in [6, 6.07) is 1.56. The number of hydrogen-bond acceptors (Lipinski definition) is 4. The lowest BCUT2D eigenvalue weighted by molar-refractivity contribution is -0.118. The minimum atomic E-state index is -0.281. The van der Waals surface area contributed by atoms with E-state index in [-0.39, 0.29) is 11.9 Å². The van der Waals surface area contributed by atoms with Crippen molar-refractivity contribution in [3.63, 3.8) is 0 Å². The third-order valence-electron chi connectivity index (χ3n) is 3.34. The van der Waals surface area contributed by atoms with Gasteiger partial charge in [-0.2, -0.15) is 0 Å². The number of amides is 1. The molecule has 0 saturated carbocycles. The van der Waals surface area contributed by atoms with Crippen molar-refractivity contribution in [2.24, 2.45) is 0 Å². The van der Waals surface area contributed by atoms with Gasteiger partial charge in [0.1, 0.15) is 5.82 Å². The van der Waals surface area contributed by atoms with Gasteiger partial charge in [-0.25, -0.2) is 9.97 Å². The van der Waals surface area contributed by atoms with E-state index < -0.39 is 0 Å². The number of anilines is 1. The van der Waals surface area contributed by atoms with Gasteiger partial charge in [0.15, 0.2) is 0 Å². The van der Waals surface area contributed by atoms with Crippen LogP contribution in [0.2, 0.25) is 0 Å². The predicted molar refractivity (Wildman–Crippen MR) is 78.2 cm³/mol. The summed E-state index contributed by atoms with van der Waals surface area (Å²) in [6.45, 7) is 2.58.